The molecular formula is C14H20N4O3S. The van der Waals surface area contributed by atoms with E-state index in [4.69, 9.17) is 4.52 Å². The summed E-state index contributed by atoms with van der Waals surface area (Å²) in [5.41, 5.74) is 0.719. The van der Waals surface area contributed by atoms with Gasteiger partial charge in [0.2, 0.25) is 21.7 Å². The Labute approximate surface area is 130 Å². The molecule has 0 aliphatic carbocycles. The van der Waals surface area contributed by atoms with Crippen LogP contribution in [0.2, 0.25) is 0 Å². The van der Waals surface area contributed by atoms with E-state index in [0.29, 0.717) is 12.2 Å². The topological polar surface area (TPSA) is 98.0 Å². The van der Waals surface area contributed by atoms with Gasteiger partial charge in [0.15, 0.2) is 0 Å². The predicted octanol–water partition coefficient (Wildman–Crippen LogP) is 2.16. The average molecular weight is 324 g/mol. The van der Waals surface area contributed by atoms with Gasteiger partial charge in [-0.15, -0.1) is 0 Å². The van der Waals surface area contributed by atoms with Crippen molar-refractivity contribution >= 4 is 10.0 Å². The molecule has 0 saturated carbocycles. The average Bonchev–Trinajstić information content (AvgIpc) is 2.95. The van der Waals surface area contributed by atoms with Crippen molar-refractivity contribution < 1.29 is 12.9 Å². The molecule has 1 unspecified atom stereocenters. The molecule has 7 nitrogen and oxygen atoms in total. The van der Waals surface area contributed by atoms with Crippen molar-refractivity contribution in [1.82, 2.24) is 19.8 Å². The third-order valence-electron chi connectivity index (χ3n) is 3.07. The molecule has 22 heavy (non-hydrogen) atoms. The molecule has 0 aliphatic heterocycles. The van der Waals surface area contributed by atoms with Gasteiger partial charge in [-0.3, -0.25) is 4.98 Å². The molecule has 2 aromatic rings. The molecule has 1 atom stereocenters. The van der Waals surface area contributed by atoms with Crippen molar-refractivity contribution in [2.75, 3.05) is 5.75 Å². The minimum absolute atomic E-state index is 0.0196. The molecule has 0 aromatic carbocycles. The Balaban J connectivity index is 2.25. The van der Waals surface area contributed by atoms with Crippen LogP contribution in [0.3, 0.4) is 0 Å². The molecule has 8 heteroatoms. The van der Waals surface area contributed by atoms with E-state index in [1.54, 1.807) is 18.5 Å². The van der Waals surface area contributed by atoms with Crippen LogP contribution in [0.15, 0.2) is 29.0 Å². The lowest BCUT2D eigenvalue weighted by Gasteiger charge is -2.18. The van der Waals surface area contributed by atoms with Gasteiger partial charge in [0, 0.05) is 18.0 Å². The van der Waals surface area contributed by atoms with Gasteiger partial charge < -0.3 is 4.52 Å². The van der Waals surface area contributed by atoms with E-state index in [9.17, 15) is 8.42 Å². The Morgan fingerprint density at radius 1 is 1.36 bits per heavy atom. The van der Waals surface area contributed by atoms with Crippen LogP contribution in [0.1, 0.15) is 39.1 Å². The van der Waals surface area contributed by atoms with Crippen LogP contribution < -0.4 is 4.72 Å². The van der Waals surface area contributed by atoms with Crippen LogP contribution in [-0.2, 0) is 10.0 Å². The fourth-order valence-electron chi connectivity index (χ4n) is 1.97. The van der Waals surface area contributed by atoms with Gasteiger partial charge in [0.05, 0.1) is 5.75 Å². The summed E-state index contributed by atoms with van der Waals surface area (Å²) in [6.07, 6.45) is 3.82. The highest BCUT2D eigenvalue weighted by molar-refractivity contribution is 7.89. The van der Waals surface area contributed by atoms with E-state index < -0.39 is 16.1 Å². The van der Waals surface area contributed by atoms with E-state index in [2.05, 4.69) is 19.8 Å². The first-order valence-corrected chi connectivity index (χ1v) is 8.82. The standard InChI is InChI=1S/C14H20N4O3S/c1-4-8-22(19,20)18-12(10(2)3)14-16-13(17-21-14)11-6-5-7-15-9-11/h5-7,9-10,12,18H,4,8H2,1-3H3. The van der Waals surface area contributed by atoms with Gasteiger partial charge in [0.25, 0.3) is 0 Å². The minimum Gasteiger partial charge on any atom is -0.337 e. The maximum Gasteiger partial charge on any atom is 0.245 e. The maximum atomic E-state index is 12.0. The molecule has 0 spiro atoms. The lowest BCUT2D eigenvalue weighted by Crippen LogP contribution is -2.33. The number of nitrogens with one attached hydrogen (secondary N) is 1. The van der Waals surface area contributed by atoms with Crippen LogP contribution in [0.4, 0.5) is 0 Å². The minimum atomic E-state index is -3.37. The van der Waals surface area contributed by atoms with Crippen LogP contribution >= 0.6 is 0 Å². The zero-order valence-corrected chi connectivity index (χ0v) is 13.7. The largest absolute Gasteiger partial charge is 0.337 e. The second-order valence-electron chi connectivity index (χ2n) is 5.36. The number of sulfonamides is 1. The third-order valence-corrected chi connectivity index (χ3v) is 4.63. The van der Waals surface area contributed by atoms with Crippen LogP contribution in [0, 0.1) is 5.92 Å². The summed E-state index contributed by atoms with van der Waals surface area (Å²) in [5.74, 6) is 0.700. The van der Waals surface area contributed by atoms with Crippen LogP contribution in [0.25, 0.3) is 11.4 Å². The second kappa shape index (κ2) is 6.97. The molecule has 0 saturated heterocycles. The first-order valence-electron chi connectivity index (χ1n) is 7.17. The van der Waals surface area contributed by atoms with Crippen LogP contribution in [0.5, 0.6) is 0 Å². The Kier molecular flexibility index (Phi) is 5.25. The van der Waals surface area contributed by atoms with Gasteiger partial charge in [-0.25, -0.2) is 13.1 Å². The van der Waals surface area contributed by atoms with Gasteiger partial charge in [-0.1, -0.05) is 25.9 Å². The number of hydrogen-bond acceptors (Lipinski definition) is 6. The molecule has 2 rings (SSSR count). The van der Waals surface area contributed by atoms with Crippen molar-refractivity contribution in [3.05, 3.63) is 30.4 Å². The van der Waals surface area contributed by atoms with E-state index >= 15 is 0 Å². The molecule has 0 amide bonds. The first-order chi connectivity index (χ1) is 10.4. The van der Waals surface area contributed by atoms with Gasteiger partial charge in [-0.2, -0.15) is 4.98 Å². The lowest BCUT2D eigenvalue weighted by molar-refractivity contribution is 0.311. The molecule has 120 valence electrons. The van der Waals surface area contributed by atoms with E-state index in [-0.39, 0.29) is 17.6 Å². The predicted molar refractivity (Wildman–Crippen MR) is 82.3 cm³/mol. The number of aromatic nitrogens is 3. The second-order valence-corrected chi connectivity index (χ2v) is 7.23. The fraction of sp³-hybridized carbons (Fsp3) is 0.500. The van der Waals surface area contributed by atoms with Crippen molar-refractivity contribution in [2.45, 2.75) is 33.2 Å². The molecule has 0 aliphatic rings. The number of nitrogens with zero attached hydrogens (tertiary/aromatic N) is 3. The smallest absolute Gasteiger partial charge is 0.245 e. The molecule has 0 radical (unpaired) electrons. The Hall–Kier alpha value is -1.80. The summed E-state index contributed by atoms with van der Waals surface area (Å²) in [5, 5.41) is 3.90. The molecule has 2 heterocycles. The van der Waals surface area contributed by atoms with Gasteiger partial charge in [-0.05, 0) is 24.5 Å². The summed E-state index contributed by atoms with van der Waals surface area (Å²) in [7, 11) is -3.37. The number of hydrogen-bond donors (Lipinski definition) is 1. The fourth-order valence-corrected chi connectivity index (χ4v) is 3.38. The van der Waals surface area contributed by atoms with Crippen molar-refractivity contribution in [1.29, 1.82) is 0 Å². The Bertz CT molecular complexity index is 698. The van der Waals surface area contributed by atoms with E-state index in [1.807, 2.05) is 26.8 Å². The summed E-state index contributed by atoms with van der Waals surface area (Å²) in [4.78, 5) is 8.30. The van der Waals surface area contributed by atoms with E-state index in [1.165, 1.54) is 0 Å². The van der Waals surface area contributed by atoms with Crippen LogP contribution in [-0.4, -0.2) is 29.3 Å². The highest BCUT2D eigenvalue weighted by Gasteiger charge is 2.27. The third kappa shape index (κ3) is 4.11. The summed E-state index contributed by atoms with van der Waals surface area (Å²) in [6.45, 7) is 5.61. The Morgan fingerprint density at radius 2 is 2.14 bits per heavy atom. The van der Waals surface area contributed by atoms with E-state index in [0.717, 1.165) is 5.56 Å². The molecule has 0 bridgehead atoms. The Morgan fingerprint density at radius 3 is 2.73 bits per heavy atom. The first kappa shape index (κ1) is 16.6. The monoisotopic (exact) mass is 324 g/mol. The van der Waals surface area contributed by atoms with Gasteiger partial charge >= 0.3 is 0 Å². The van der Waals surface area contributed by atoms with Crippen molar-refractivity contribution in [2.24, 2.45) is 5.92 Å². The summed E-state index contributed by atoms with van der Waals surface area (Å²) in [6, 6.07) is 3.04. The van der Waals surface area contributed by atoms with Crippen molar-refractivity contribution in [3.8, 4) is 11.4 Å². The molecule has 2 aromatic heterocycles. The lowest BCUT2D eigenvalue weighted by atomic mass is 10.1. The number of pyridine rings is 1. The normalized spacial score (nSPS) is 13.5. The summed E-state index contributed by atoms with van der Waals surface area (Å²) >= 11 is 0. The highest BCUT2D eigenvalue weighted by atomic mass is 32.2. The molecule has 1 N–H and O–H groups in total. The highest BCUT2D eigenvalue weighted by Crippen LogP contribution is 2.24. The zero-order valence-electron chi connectivity index (χ0n) is 12.9. The zero-order chi connectivity index (χ0) is 16.2. The van der Waals surface area contributed by atoms with Gasteiger partial charge in [0.1, 0.15) is 6.04 Å². The number of rotatable bonds is 7. The molecule has 0 fully saturated rings. The molecular weight excluding hydrogens is 304 g/mol. The summed E-state index contributed by atoms with van der Waals surface area (Å²) < 4.78 is 31.9. The SMILES string of the molecule is CCCS(=O)(=O)NC(c1nc(-c2cccnc2)no1)C(C)C. The maximum absolute atomic E-state index is 12.0. The van der Waals surface area contributed by atoms with Crippen molar-refractivity contribution in [3.63, 3.8) is 0 Å². The quantitative estimate of drug-likeness (QED) is 0.838.